The van der Waals surface area contributed by atoms with E-state index in [-0.39, 0.29) is 29.8 Å². The minimum Gasteiger partial charge on any atom is -0.382 e. The van der Waals surface area contributed by atoms with E-state index in [1.54, 1.807) is 20.2 Å². The maximum Gasteiger partial charge on any atom is 0.193 e. The largest absolute Gasteiger partial charge is 0.382 e. The first-order chi connectivity index (χ1) is 10.7. The Morgan fingerprint density at radius 3 is 2.74 bits per heavy atom. The van der Waals surface area contributed by atoms with Crippen LogP contribution in [0.25, 0.3) is 0 Å². The molecule has 1 N–H and O–H groups in total. The first kappa shape index (κ1) is 22.1. The van der Waals surface area contributed by atoms with Gasteiger partial charge < -0.3 is 19.7 Å². The number of hydrogen-bond donors (Lipinski definition) is 1. The van der Waals surface area contributed by atoms with Gasteiger partial charge in [0.15, 0.2) is 5.96 Å². The molecule has 7 heteroatoms. The Morgan fingerprint density at radius 1 is 1.30 bits per heavy atom. The summed E-state index contributed by atoms with van der Waals surface area (Å²) >= 11 is 0. The lowest BCUT2D eigenvalue weighted by Gasteiger charge is -2.22. The fourth-order valence-electron chi connectivity index (χ4n) is 1.99. The smallest absolute Gasteiger partial charge is 0.193 e. The van der Waals surface area contributed by atoms with Gasteiger partial charge in [0.05, 0.1) is 13.2 Å². The lowest BCUT2D eigenvalue weighted by Crippen LogP contribution is -2.39. The predicted molar refractivity (Wildman–Crippen MR) is 102 cm³/mol. The summed E-state index contributed by atoms with van der Waals surface area (Å²) in [6.45, 7) is 3.28. The Kier molecular flexibility index (Phi) is 13.0. The molecule has 0 radical (unpaired) electrons. The quantitative estimate of drug-likeness (QED) is 0.278. The normalized spacial score (nSPS) is 11.0. The van der Waals surface area contributed by atoms with Crippen molar-refractivity contribution in [1.29, 1.82) is 0 Å². The molecule has 0 saturated heterocycles. The highest BCUT2D eigenvalue weighted by molar-refractivity contribution is 14.0. The second-order valence-electron chi connectivity index (χ2n) is 4.92. The summed E-state index contributed by atoms with van der Waals surface area (Å²) < 4.78 is 23.5. The molecule has 0 aliphatic carbocycles. The van der Waals surface area contributed by atoms with Gasteiger partial charge in [-0.25, -0.2) is 4.39 Å². The lowest BCUT2D eigenvalue weighted by atomic mass is 10.2. The topological polar surface area (TPSA) is 46.1 Å². The van der Waals surface area contributed by atoms with Crippen molar-refractivity contribution >= 4 is 29.9 Å². The third-order valence-corrected chi connectivity index (χ3v) is 3.06. The van der Waals surface area contributed by atoms with Crippen LogP contribution in [-0.2, 0) is 16.0 Å². The van der Waals surface area contributed by atoms with Crippen molar-refractivity contribution in [3.05, 3.63) is 35.6 Å². The van der Waals surface area contributed by atoms with Crippen LogP contribution < -0.4 is 5.32 Å². The van der Waals surface area contributed by atoms with Crippen LogP contribution in [0.2, 0.25) is 0 Å². The second kappa shape index (κ2) is 13.5. The number of benzene rings is 1. The molecule has 0 aliphatic rings. The summed E-state index contributed by atoms with van der Waals surface area (Å²) in [4.78, 5) is 6.19. The van der Waals surface area contributed by atoms with Crippen LogP contribution in [0.5, 0.6) is 0 Å². The van der Waals surface area contributed by atoms with Gasteiger partial charge in [0.25, 0.3) is 0 Å². The van der Waals surface area contributed by atoms with E-state index in [0.29, 0.717) is 26.4 Å². The van der Waals surface area contributed by atoms with Crippen LogP contribution in [0.1, 0.15) is 12.0 Å². The summed E-state index contributed by atoms with van der Waals surface area (Å²) in [5.74, 6) is 0.559. The first-order valence-corrected chi connectivity index (χ1v) is 7.40. The Labute approximate surface area is 155 Å². The van der Waals surface area contributed by atoms with Gasteiger partial charge in [-0.2, -0.15) is 0 Å². The number of aliphatic imine (C=N–C) groups is 1. The van der Waals surface area contributed by atoms with Crippen LogP contribution in [0, 0.1) is 5.82 Å². The Bertz CT molecular complexity index is 461. The van der Waals surface area contributed by atoms with Crippen LogP contribution >= 0.6 is 24.0 Å². The van der Waals surface area contributed by atoms with Crippen molar-refractivity contribution in [3.8, 4) is 0 Å². The van der Waals surface area contributed by atoms with Gasteiger partial charge in [-0.05, 0) is 24.1 Å². The number of ether oxygens (including phenoxy) is 2. The summed E-state index contributed by atoms with van der Waals surface area (Å²) in [5.41, 5.74) is 0.911. The molecule has 23 heavy (non-hydrogen) atoms. The molecule has 0 heterocycles. The average Bonchev–Trinajstić information content (AvgIpc) is 2.50. The maximum atomic E-state index is 13.2. The average molecular weight is 439 g/mol. The van der Waals surface area contributed by atoms with Crippen molar-refractivity contribution in [2.24, 2.45) is 4.99 Å². The molecule has 1 rings (SSSR count). The third-order valence-electron chi connectivity index (χ3n) is 3.06. The molecular formula is C16H27FIN3O2. The zero-order valence-electron chi connectivity index (χ0n) is 14.0. The Balaban J connectivity index is 0.00000484. The zero-order chi connectivity index (χ0) is 16.2. The van der Waals surface area contributed by atoms with Gasteiger partial charge >= 0.3 is 0 Å². The highest BCUT2D eigenvalue weighted by Crippen LogP contribution is 2.06. The fourth-order valence-corrected chi connectivity index (χ4v) is 1.99. The predicted octanol–water partition coefficient (Wildman–Crippen LogP) is 2.50. The monoisotopic (exact) mass is 439 g/mol. The van der Waals surface area contributed by atoms with E-state index in [9.17, 15) is 4.39 Å². The van der Waals surface area contributed by atoms with E-state index in [0.717, 1.165) is 24.5 Å². The molecule has 1 aromatic rings. The number of methoxy groups -OCH3 is 1. The molecule has 0 amide bonds. The molecule has 0 fully saturated rings. The highest BCUT2D eigenvalue weighted by Gasteiger charge is 2.06. The van der Waals surface area contributed by atoms with E-state index < -0.39 is 0 Å². The molecule has 0 bridgehead atoms. The fraction of sp³-hybridized carbons (Fsp3) is 0.562. The molecule has 5 nitrogen and oxygen atoms in total. The molecule has 0 unspecified atom stereocenters. The summed E-state index contributed by atoms with van der Waals surface area (Å²) in [5, 5.41) is 3.27. The molecule has 0 spiro atoms. The lowest BCUT2D eigenvalue weighted by molar-refractivity contribution is 0.0698. The summed E-state index contributed by atoms with van der Waals surface area (Å²) in [7, 11) is 5.32. The van der Waals surface area contributed by atoms with Crippen molar-refractivity contribution in [3.63, 3.8) is 0 Å². The molecule has 0 saturated carbocycles. The third kappa shape index (κ3) is 9.72. The minimum absolute atomic E-state index is 0. The molecule has 0 aliphatic heterocycles. The standard InChI is InChI=1S/C16H26FN3O2.HI/c1-18-16(19-8-5-9-22-11-10-21-3)20(2)13-14-6-4-7-15(17)12-14;/h4,6-7,12H,5,8-11,13H2,1-3H3,(H,18,19);1H. The van der Waals surface area contributed by atoms with Gasteiger partial charge in [0, 0.05) is 40.9 Å². The SMILES string of the molecule is CN=C(NCCCOCCOC)N(C)Cc1cccc(F)c1.I. The van der Waals surface area contributed by atoms with Crippen LogP contribution in [0.3, 0.4) is 0 Å². The highest BCUT2D eigenvalue weighted by atomic mass is 127. The Morgan fingerprint density at radius 2 is 2.09 bits per heavy atom. The van der Waals surface area contributed by atoms with Crippen molar-refractivity contribution in [1.82, 2.24) is 10.2 Å². The van der Waals surface area contributed by atoms with Crippen LogP contribution in [0.4, 0.5) is 4.39 Å². The number of nitrogens with one attached hydrogen (secondary N) is 1. The van der Waals surface area contributed by atoms with Crippen molar-refractivity contribution < 1.29 is 13.9 Å². The van der Waals surface area contributed by atoms with E-state index in [2.05, 4.69) is 10.3 Å². The number of nitrogens with zero attached hydrogens (tertiary/aromatic N) is 2. The molecule has 1 aromatic carbocycles. The van der Waals surface area contributed by atoms with E-state index in [1.165, 1.54) is 12.1 Å². The van der Waals surface area contributed by atoms with Crippen molar-refractivity contribution in [2.75, 3.05) is 47.6 Å². The van der Waals surface area contributed by atoms with Crippen LogP contribution in [0.15, 0.2) is 29.3 Å². The summed E-state index contributed by atoms with van der Waals surface area (Å²) in [6, 6.07) is 6.59. The number of hydrogen-bond acceptors (Lipinski definition) is 3. The summed E-state index contributed by atoms with van der Waals surface area (Å²) in [6.07, 6.45) is 0.885. The van der Waals surface area contributed by atoms with Gasteiger partial charge in [0.2, 0.25) is 0 Å². The van der Waals surface area contributed by atoms with Gasteiger partial charge in [-0.15, -0.1) is 24.0 Å². The van der Waals surface area contributed by atoms with Crippen LogP contribution in [-0.4, -0.2) is 58.4 Å². The Hall–Kier alpha value is -0.930. The van der Waals surface area contributed by atoms with Gasteiger partial charge in [0.1, 0.15) is 5.82 Å². The molecule has 132 valence electrons. The van der Waals surface area contributed by atoms with Crippen molar-refractivity contribution in [2.45, 2.75) is 13.0 Å². The molecule has 0 atom stereocenters. The van der Waals surface area contributed by atoms with E-state index >= 15 is 0 Å². The number of guanidine groups is 1. The van der Waals surface area contributed by atoms with E-state index in [1.807, 2.05) is 18.0 Å². The van der Waals surface area contributed by atoms with Gasteiger partial charge in [-0.1, -0.05) is 12.1 Å². The maximum absolute atomic E-state index is 13.2. The second-order valence-corrected chi connectivity index (χ2v) is 4.92. The number of halogens is 2. The molecular weight excluding hydrogens is 412 g/mol. The first-order valence-electron chi connectivity index (χ1n) is 7.40. The van der Waals surface area contributed by atoms with Gasteiger partial charge in [-0.3, -0.25) is 4.99 Å². The number of rotatable bonds is 9. The molecule has 0 aromatic heterocycles. The van der Waals surface area contributed by atoms with E-state index in [4.69, 9.17) is 9.47 Å². The minimum atomic E-state index is -0.220. The zero-order valence-corrected chi connectivity index (χ0v) is 16.4.